The molecular formula is C14H28N2O3. The summed E-state index contributed by atoms with van der Waals surface area (Å²) < 4.78 is 5.40. The Hall–Kier alpha value is -0.810. The highest BCUT2D eigenvalue weighted by Crippen LogP contribution is 2.17. The Morgan fingerprint density at radius 3 is 2.26 bits per heavy atom. The van der Waals surface area contributed by atoms with Crippen LogP contribution >= 0.6 is 0 Å². The Morgan fingerprint density at radius 1 is 1.26 bits per heavy atom. The van der Waals surface area contributed by atoms with Crippen LogP contribution in [0.25, 0.3) is 0 Å². The summed E-state index contributed by atoms with van der Waals surface area (Å²) in [6.07, 6.45) is -0.247. The van der Waals surface area contributed by atoms with Crippen molar-refractivity contribution in [3.05, 3.63) is 0 Å². The molecule has 1 aliphatic rings. The van der Waals surface area contributed by atoms with Crippen LogP contribution in [-0.2, 0) is 4.74 Å². The quantitative estimate of drug-likeness (QED) is 0.831. The van der Waals surface area contributed by atoms with Crippen molar-refractivity contribution in [1.29, 1.82) is 0 Å². The highest BCUT2D eigenvalue weighted by atomic mass is 16.6. The van der Waals surface area contributed by atoms with Crippen LogP contribution < -0.4 is 0 Å². The number of nitrogens with zero attached hydrogens (tertiary/aromatic N) is 2. The molecule has 0 aromatic carbocycles. The van der Waals surface area contributed by atoms with Gasteiger partial charge >= 0.3 is 6.09 Å². The van der Waals surface area contributed by atoms with Gasteiger partial charge in [0.15, 0.2) is 0 Å². The molecule has 112 valence electrons. The van der Waals surface area contributed by atoms with Crippen LogP contribution in [0.3, 0.4) is 0 Å². The fourth-order valence-electron chi connectivity index (χ4n) is 2.32. The van der Waals surface area contributed by atoms with Gasteiger partial charge in [-0.1, -0.05) is 0 Å². The van der Waals surface area contributed by atoms with E-state index in [4.69, 9.17) is 4.74 Å². The molecule has 0 saturated carbocycles. The molecule has 1 aliphatic heterocycles. The van der Waals surface area contributed by atoms with Gasteiger partial charge in [-0.25, -0.2) is 4.79 Å². The first-order chi connectivity index (χ1) is 8.48. The van der Waals surface area contributed by atoms with Crippen molar-refractivity contribution >= 4 is 6.09 Å². The smallest absolute Gasteiger partial charge is 0.410 e. The van der Waals surface area contributed by atoms with E-state index in [2.05, 4.69) is 4.90 Å². The zero-order valence-corrected chi connectivity index (χ0v) is 13.1. The number of rotatable bonds is 2. The molecule has 1 heterocycles. The Morgan fingerprint density at radius 2 is 1.84 bits per heavy atom. The molecular weight excluding hydrogens is 244 g/mol. The standard InChI is InChI=1S/C14H28N2O3/c1-11-9-15(10-14(5,6)18)7-8-16(11)12(17)19-13(2,3)4/h11,18H,7-10H2,1-6H3. The summed E-state index contributed by atoms with van der Waals surface area (Å²) >= 11 is 0. The second kappa shape index (κ2) is 5.67. The molecule has 0 aromatic rings. The van der Waals surface area contributed by atoms with Crippen molar-refractivity contribution in [2.45, 2.75) is 58.8 Å². The van der Waals surface area contributed by atoms with Crippen LogP contribution in [0, 0.1) is 0 Å². The minimum atomic E-state index is -0.701. The van der Waals surface area contributed by atoms with E-state index < -0.39 is 11.2 Å². The summed E-state index contributed by atoms with van der Waals surface area (Å²) in [5, 5.41) is 9.84. The van der Waals surface area contributed by atoms with Crippen LogP contribution in [0.2, 0.25) is 0 Å². The molecule has 1 fully saturated rings. The lowest BCUT2D eigenvalue weighted by Crippen LogP contribution is -2.56. The largest absolute Gasteiger partial charge is 0.444 e. The van der Waals surface area contributed by atoms with E-state index in [1.54, 1.807) is 18.7 Å². The molecule has 1 N–H and O–H groups in total. The van der Waals surface area contributed by atoms with Gasteiger partial charge in [-0.2, -0.15) is 0 Å². The van der Waals surface area contributed by atoms with Crippen molar-refractivity contribution in [3.63, 3.8) is 0 Å². The summed E-state index contributed by atoms with van der Waals surface area (Å²) in [4.78, 5) is 16.0. The van der Waals surface area contributed by atoms with Crippen LogP contribution in [0.4, 0.5) is 4.79 Å². The molecule has 0 bridgehead atoms. The Bertz CT molecular complexity index is 318. The fraction of sp³-hybridized carbons (Fsp3) is 0.929. The minimum Gasteiger partial charge on any atom is -0.444 e. The first-order valence-electron chi connectivity index (χ1n) is 6.92. The Balaban J connectivity index is 2.53. The SMILES string of the molecule is CC1CN(CC(C)(C)O)CCN1C(=O)OC(C)(C)C. The molecule has 0 spiro atoms. The number of ether oxygens (including phenoxy) is 1. The lowest BCUT2D eigenvalue weighted by atomic mass is 10.1. The van der Waals surface area contributed by atoms with E-state index in [0.29, 0.717) is 13.1 Å². The second-order valence-electron chi connectivity index (χ2n) is 7.07. The van der Waals surface area contributed by atoms with Crippen molar-refractivity contribution < 1.29 is 14.6 Å². The monoisotopic (exact) mass is 272 g/mol. The van der Waals surface area contributed by atoms with Crippen LogP contribution in [-0.4, -0.2) is 64.4 Å². The second-order valence-corrected chi connectivity index (χ2v) is 7.07. The molecule has 1 unspecified atom stereocenters. The van der Waals surface area contributed by atoms with Crippen molar-refractivity contribution in [1.82, 2.24) is 9.80 Å². The summed E-state index contributed by atoms with van der Waals surface area (Å²) in [6.45, 7) is 14.1. The summed E-state index contributed by atoms with van der Waals surface area (Å²) in [7, 11) is 0. The van der Waals surface area contributed by atoms with Gasteiger partial charge in [0.05, 0.1) is 5.60 Å². The maximum absolute atomic E-state index is 12.1. The molecule has 1 rings (SSSR count). The van der Waals surface area contributed by atoms with E-state index in [9.17, 15) is 9.90 Å². The van der Waals surface area contributed by atoms with E-state index in [1.165, 1.54) is 0 Å². The van der Waals surface area contributed by atoms with Gasteiger partial charge in [-0.15, -0.1) is 0 Å². The third kappa shape index (κ3) is 5.78. The first-order valence-corrected chi connectivity index (χ1v) is 6.92. The average Bonchev–Trinajstić information content (AvgIpc) is 2.11. The number of aliphatic hydroxyl groups is 1. The number of carbonyl (C=O) groups excluding carboxylic acids is 1. The molecule has 0 radical (unpaired) electrons. The fourth-order valence-corrected chi connectivity index (χ4v) is 2.32. The van der Waals surface area contributed by atoms with Crippen LogP contribution in [0.15, 0.2) is 0 Å². The van der Waals surface area contributed by atoms with Crippen molar-refractivity contribution in [2.75, 3.05) is 26.2 Å². The lowest BCUT2D eigenvalue weighted by Gasteiger charge is -2.41. The summed E-state index contributed by atoms with van der Waals surface area (Å²) in [5.41, 5.74) is -1.16. The number of piperazine rings is 1. The maximum atomic E-state index is 12.1. The van der Waals surface area contributed by atoms with Gasteiger partial charge in [-0.05, 0) is 41.5 Å². The van der Waals surface area contributed by atoms with Crippen molar-refractivity contribution in [2.24, 2.45) is 0 Å². The van der Waals surface area contributed by atoms with Crippen LogP contribution in [0.1, 0.15) is 41.5 Å². The molecule has 5 heteroatoms. The molecule has 19 heavy (non-hydrogen) atoms. The molecule has 0 aromatic heterocycles. The van der Waals surface area contributed by atoms with E-state index >= 15 is 0 Å². The molecule has 0 aliphatic carbocycles. The molecule has 1 atom stereocenters. The van der Waals surface area contributed by atoms with E-state index in [-0.39, 0.29) is 12.1 Å². The lowest BCUT2D eigenvalue weighted by molar-refractivity contribution is -0.0158. The predicted octanol–water partition coefficient (Wildman–Crippen LogP) is 1.70. The van der Waals surface area contributed by atoms with Gasteiger partial charge in [-0.3, -0.25) is 4.90 Å². The van der Waals surface area contributed by atoms with Crippen molar-refractivity contribution in [3.8, 4) is 0 Å². The maximum Gasteiger partial charge on any atom is 0.410 e. The number of β-amino-alcohol motifs (C(OH)–C–C–N with tert-alkyl or cyclic N) is 1. The van der Waals surface area contributed by atoms with Gasteiger partial charge in [0.1, 0.15) is 5.60 Å². The third-order valence-electron chi connectivity index (χ3n) is 2.95. The minimum absolute atomic E-state index is 0.103. The normalized spacial score (nSPS) is 22.5. The number of hydrogen-bond acceptors (Lipinski definition) is 4. The molecule has 1 saturated heterocycles. The Kier molecular flexibility index (Phi) is 4.85. The Labute approximate surface area is 116 Å². The molecule has 5 nitrogen and oxygen atoms in total. The number of carbonyl (C=O) groups is 1. The highest BCUT2D eigenvalue weighted by Gasteiger charge is 2.32. The molecule has 1 amide bonds. The highest BCUT2D eigenvalue weighted by molar-refractivity contribution is 5.68. The van der Waals surface area contributed by atoms with Gasteiger partial charge < -0.3 is 14.7 Å². The van der Waals surface area contributed by atoms with E-state index in [0.717, 1.165) is 13.1 Å². The zero-order chi connectivity index (χ0) is 14.8. The van der Waals surface area contributed by atoms with Gasteiger partial charge in [0.25, 0.3) is 0 Å². The summed E-state index contributed by atoms with van der Waals surface area (Å²) in [6, 6.07) is 0.103. The van der Waals surface area contributed by atoms with E-state index in [1.807, 2.05) is 27.7 Å². The average molecular weight is 272 g/mol. The van der Waals surface area contributed by atoms with Gasteiger partial charge in [0.2, 0.25) is 0 Å². The zero-order valence-electron chi connectivity index (χ0n) is 13.1. The summed E-state index contributed by atoms with van der Waals surface area (Å²) in [5.74, 6) is 0. The van der Waals surface area contributed by atoms with Crippen LogP contribution in [0.5, 0.6) is 0 Å². The topological polar surface area (TPSA) is 53.0 Å². The number of amides is 1. The van der Waals surface area contributed by atoms with Gasteiger partial charge in [0, 0.05) is 32.2 Å². The number of hydrogen-bond donors (Lipinski definition) is 1. The first kappa shape index (κ1) is 16.2. The third-order valence-corrected chi connectivity index (χ3v) is 2.95. The predicted molar refractivity (Wildman–Crippen MR) is 75.1 cm³/mol.